The van der Waals surface area contributed by atoms with Gasteiger partial charge in [-0.05, 0) is 13.0 Å². The van der Waals surface area contributed by atoms with Crippen molar-refractivity contribution >= 4 is 25.9 Å². The molecule has 2 unspecified atom stereocenters. The summed E-state index contributed by atoms with van der Waals surface area (Å²) >= 11 is 0. The maximum absolute atomic E-state index is 11.4. The lowest BCUT2D eigenvalue weighted by atomic mass is 10.0. The number of nitrogens with one attached hydrogen (secondary N) is 1. The molecule has 1 N–H and O–H groups in total. The predicted octanol–water partition coefficient (Wildman–Crippen LogP) is -1.61. The zero-order valence-corrected chi connectivity index (χ0v) is 10.7. The molecule has 1 rings (SSSR count). The average molecular weight is 282 g/mol. The molecule has 1 heterocycles. The van der Waals surface area contributed by atoms with E-state index in [4.69, 9.17) is 0 Å². The van der Waals surface area contributed by atoms with Crippen molar-refractivity contribution in [1.82, 2.24) is 5.32 Å². The molecule has 0 spiro atoms. The van der Waals surface area contributed by atoms with E-state index in [2.05, 4.69) is 11.9 Å². The quantitative estimate of drug-likeness (QED) is 0.491. The van der Waals surface area contributed by atoms with Gasteiger partial charge in [0.15, 0.2) is 9.84 Å². The lowest BCUT2D eigenvalue weighted by Crippen LogP contribution is -2.56. The van der Waals surface area contributed by atoms with E-state index in [0.29, 0.717) is 0 Å². The molecule has 0 bridgehead atoms. The Labute approximate surface area is 99.6 Å². The lowest BCUT2D eigenvalue weighted by molar-refractivity contribution is -0.117. The Bertz CT molecular complexity index is 549. The molecule has 2 atom stereocenters. The van der Waals surface area contributed by atoms with E-state index < -0.39 is 48.2 Å². The van der Waals surface area contributed by atoms with E-state index in [1.54, 1.807) is 0 Å². The fourth-order valence-corrected chi connectivity index (χ4v) is 6.18. The standard InChI is InChI=1S/C8H13NO6S2/c1-3-7(10)9-8(2)5-16(11,12)4-6(8)17(13,14)15/h3,6H,1,4-5H2,2H3,(H,9,10)(H,13,14,15)/p-1. The highest BCUT2D eigenvalue weighted by Crippen LogP contribution is 2.28. The minimum atomic E-state index is -4.81. The summed E-state index contributed by atoms with van der Waals surface area (Å²) in [5.74, 6) is -2.07. The smallest absolute Gasteiger partial charge is 0.243 e. The van der Waals surface area contributed by atoms with E-state index in [0.717, 1.165) is 6.08 Å². The minimum Gasteiger partial charge on any atom is -0.748 e. The molecule has 0 saturated carbocycles. The molecule has 0 aromatic carbocycles. The summed E-state index contributed by atoms with van der Waals surface area (Å²) in [4.78, 5) is 11.1. The Morgan fingerprint density at radius 1 is 1.59 bits per heavy atom. The van der Waals surface area contributed by atoms with Crippen LogP contribution in [-0.2, 0) is 24.7 Å². The van der Waals surface area contributed by atoms with Gasteiger partial charge in [0.2, 0.25) is 5.91 Å². The van der Waals surface area contributed by atoms with Gasteiger partial charge in [0.05, 0.1) is 22.3 Å². The van der Waals surface area contributed by atoms with Gasteiger partial charge in [-0.15, -0.1) is 0 Å². The second kappa shape index (κ2) is 4.07. The summed E-state index contributed by atoms with van der Waals surface area (Å²) < 4.78 is 55.8. The Morgan fingerprint density at radius 2 is 2.12 bits per heavy atom. The Morgan fingerprint density at radius 3 is 2.53 bits per heavy atom. The maximum Gasteiger partial charge on any atom is 0.243 e. The van der Waals surface area contributed by atoms with Crippen LogP contribution in [-0.4, -0.2) is 49.6 Å². The fourth-order valence-electron chi connectivity index (χ4n) is 1.87. The topological polar surface area (TPSA) is 120 Å². The first kappa shape index (κ1) is 14.1. The summed E-state index contributed by atoms with van der Waals surface area (Å²) in [6.45, 7) is 4.39. The van der Waals surface area contributed by atoms with Crippen LogP contribution < -0.4 is 5.32 Å². The third kappa shape index (κ3) is 3.05. The largest absolute Gasteiger partial charge is 0.748 e. The summed E-state index contributed by atoms with van der Waals surface area (Å²) in [6, 6.07) is 0. The van der Waals surface area contributed by atoms with Crippen LogP contribution in [0.2, 0.25) is 0 Å². The maximum atomic E-state index is 11.4. The van der Waals surface area contributed by atoms with E-state index >= 15 is 0 Å². The molecule has 1 fully saturated rings. The molecular weight excluding hydrogens is 270 g/mol. The van der Waals surface area contributed by atoms with Crippen LogP contribution in [0.15, 0.2) is 12.7 Å². The highest BCUT2D eigenvalue weighted by molar-refractivity contribution is 7.94. The minimum absolute atomic E-state index is 0.578. The molecule has 0 aromatic heterocycles. The number of hydrogen-bond donors (Lipinski definition) is 1. The van der Waals surface area contributed by atoms with Gasteiger partial charge >= 0.3 is 0 Å². The molecule has 9 heteroatoms. The number of rotatable bonds is 3. The highest BCUT2D eigenvalue weighted by atomic mass is 32.2. The van der Waals surface area contributed by atoms with Gasteiger partial charge in [0.25, 0.3) is 0 Å². The number of carbonyl (C=O) groups is 1. The first-order valence-electron chi connectivity index (χ1n) is 4.60. The summed E-state index contributed by atoms with van der Waals surface area (Å²) in [5, 5.41) is 0.525. The monoisotopic (exact) mass is 282 g/mol. The van der Waals surface area contributed by atoms with Gasteiger partial charge in [-0.3, -0.25) is 4.79 Å². The Kier molecular flexibility index (Phi) is 3.38. The van der Waals surface area contributed by atoms with Crippen LogP contribution in [0, 0.1) is 0 Å². The van der Waals surface area contributed by atoms with Crippen LogP contribution in [0.5, 0.6) is 0 Å². The molecule has 1 amide bonds. The van der Waals surface area contributed by atoms with E-state index in [1.165, 1.54) is 6.92 Å². The number of hydrogen-bond acceptors (Lipinski definition) is 6. The second-order valence-corrected chi connectivity index (χ2v) is 7.81. The Hall–Kier alpha value is -0.930. The number of sulfone groups is 1. The zero-order chi connectivity index (χ0) is 13.5. The van der Waals surface area contributed by atoms with Crippen molar-refractivity contribution in [3.8, 4) is 0 Å². The summed E-state index contributed by atoms with van der Waals surface area (Å²) in [6.07, 6.45) is 0.880. The molecule has 98 valence electrons. The average Bonchev–Trinajstić information content (AvgIpc) is 2.35. The zero-order valence-electron chi connectivity index (χ0n) is 9.04. The molecule has 0 aliphatic carbocycles. The fraction of sp³-hybridized carbons (Fsp3) is 0.625. The molecule has 1 aliphatic rings. The first-order valence-corrected chi connectivity index (χ1v) is 7.89. The SMILES string of the molecule is C=CC(=O)NC1(C)CS(=O)(=O)CC1S(=O)(=O)[O-]. The van der Waals surface area contributed by atoms with Gasteiger partial charge in [-0.2, -0.15) is 0 Å². The Balaban J connectivity index is 3.19. The molecule has 7 nitrogen and oxygen atoms in total. The normalized spacial score (nSPS) is 32.0. The molecule has 1 aliphatic heterocycles. The summed E-state index contributed by atoms with van der Waals surface area (Å²) in [5.41, 5.74) is -1.61. The van der Waals surface area contributed by atoms with E-state index in [1.807, 2.05) is 0 Å². The first-order chi connectivity index (χ1) is 7.50. The number of amides is 1. The van der Waals surface area contributed by atoms with Crippen LogP contribution in [0.25, 0.3) is 0 Å². The van der Waals surface area contributed by atoms with Gasteiger partial charge in [-0.1, -0.05) is 6.58 Å². The molecule has 0 radical (unpaired) electrons. The van der Waals surface area contributed by atoms with Crippen LogP contribution in [0.4, 0.5) is 0 Å². The van der Waals surface area contributed by atoms with E-state index in [-0.39, 0.29) is 0 Å². The van der Waals surface area contributed by atoms with Crippen molar-refractivity contribution in [2.24, 2.45) is 0 Å². The summed E-state index contributed by atoms with van der Waals surface area (Å²) in [7, 11) is -8.48. The van der Waals surface area contributed by atoms with Crippen LogP contribution in [0.1, 0.15) is 6.92 Å². The van der Waals surface area contributed by atoms with Crippen molar-refractivity contribution in [1.29, 1.82) is 0 Å². The van der Waals surface area contributed by atoms with Gasteiger partial charge in [0, 0.05) is 0 Å². The second-order valence-electron chi connectivity index (χ2n) is 4.15. The van der Waals surface area contributed by atoms with Crippen LogP contribution in [0.3, 0.4) is 0 Å². The van der Waals surface area contributed by atoms with Crippen LogP contribution >= 0.6 is 0 Å². The van der Waals surface area contributed by atoms with Crippen molar-refractivity contribution < 1.29 is 26.2 Å². The molecular formula is C8H12NO6S2-. The van der Waals surface area contributed by atoms with Crippen molar-refractivity contribution in [3.05, 3.63) is 12.7 Å². The third-order valence-electron chi connectivity index (χ3n) is 2.58. The lowest BCUT2D eigenvalue weighted by Gasteiger charge is -2.32. The van der Waals surface area contributed by atoms with Gasteiger partial charge in [0.1, 0.15) is 10.1 Å². The molecule has 1 saturated heterocycles. The third-order valence-corrected chi connectivity index (χ3v) is 6.05. The van der Waals surface area contributed by atoms with Crippen molar-refractivity contribution in [2.75, 3.05) is 11.5 Å². The van der Waals surface area contributed by atoms with Crippen molar-refractivity contribution in [2.45, 2.75) is 17.7 Å². The van der Waals surface area contributed by atoms with Gasteiger partial charge < -0.3 is 9.87 Å². The molecule has 17 heavy (non-hydrogen) atoms. The van der Waals surface area contributed by atoms with Crippen molar-refractivity contribution in [3.63, 3.8) is 0 Å². The molecule has 0 aromatic rings. The highest BCUT2D eigenvalue weighted by Gasteiger charge is 2.51. The number of carbonyl (C=O) groups excluding carboxylic acids is 1. The van der Waals surface area contributed by atoms with Gasteiger partial charge in [-0.25, -0.2) is 16.8 Å². The van der Waals surface area contributed by atoms with E-state index in [9.17, 15) is 26.2 Å². The predicted molar refractivity (Wildman–Crippen MR) is 58.9 cm³/mol.